The number of nitrogens with one attached hydrogen (secondary N) is 2. The largest absolute Gasteiger partial charge is 0.451 e. The van der Waals surface area contributed by atoms with Gasteiger partial charge < -0.3 is 4.74 Å². The molecule has 1 atom stereocenters. The van der Waals surface area contributed by atoms with Gasteiger partial charge in [-0.15, -0.1) is 5.10 Å². The first kappa shape index (κ1) is 12.4. The van der Waals surface area contributed by atoms with Gasteiger partial charge >= 0.3 is 6.18 Å². The second-order valence-corrected chi connectivity index (χ2v) is 2.87. The van der Waals surface area contributed by atoms with Gasteiger partial charge in [0.2, 0.25) is 11.8 Å². The molecule has 0 bridgehead atoms. The van der Waals surface area contributed by atoms with E-state index in [9.17, 15) is 18.0 Å². The van der Waals surface area contributed by atoms with Crippen molar-refractivity contribution in [3.63, 3.8) is 0 Å². The van der Waals surface area contributed by atoms with Crippen LogP contribution in [0.15, 0.2) is 0 Å². The number of alkyl halides is 3. The summed E-state index contributed by atoms with van der Waals surface area (Å²) in [5.41, 5.74) is 0. The summed E-state index contributed by atoms with van der Waals surface area (Å²) in [6.07, 6.45) is -5.42. The van der Waals surface area contributed by atoms with Gasteiger partial charge in [0.15, 0.2) is 0 Å². The minimum atomic E-state index is -4.62. The van der Waals surface area contributed by atoms with E-state index in [2.05, 4.69) is 20.1 Å². The van der Waals surface area contributed by atoms with Crippen LogP contribution >= 0.6 is 0 Å². The smallest absolute Gasteiger partial charge is 0.372 e. The summed E-state index contributed by atoms with van der Waals surface area (Å²) in [6.45, 7) is 1.44. The Balaban J connectivity index is 2.70. The van der Waals surface area contributed by atoms with Gasteiger partial charge in [-0.25, -0.2) is 0 Å². The first-order valence-electron chi connectivity index (χ1n) is 4.18. The van der Waals surface area contributed by atoms with Crippen LogP contribution < -0.4 is 5.32 Å². The summed E-state index contributed by atoms with van der Waals surface area (Å²) < 4.78 is 40.9. The summed E-state index contributed by atoms with van der Waals surface area (Å²) in [4.78, 5) is 14.3. The van der Waals surface area contributed by atoms with Crippen molar-refractivity contribution in [2.45, 2.75) is 19.2 Å². The number of amides is 1. The third kappa shape index (κ3) is 2.92. The first-order valence-corrected chi connectivity index (χ1v) is 4.18. The quantitative estimate of drug-likeness (QED) is 0.816. The number of hydrogen-bond acceptors (Lipinski definition) is 4. The zero-order valence-electron chi connectivity index (χ0n) is 8.42. The topological polar surface area (TPSA) is 79.9 Å². The molecule has 2 N–H and O–H groups in total. The normalized spacial score (nSPS) is 13.6. The average molecular weight is 238 g/mol. The second-order valence-electron chi connectivity index (χ2n) is 2.87. The monoisotopic (exact) mass is 238 g/mol. The molecular weight excluding hydrogens is 229 g/mol. The van der Waals surface area contributed by atoms with Crippen LogP contribution in [0, 0.1) is 0 Å². The lowest BCUT2D eigenvalue weighted by Crippen LogP contribution is -2.27. The van der Waals surface area contributed by atoms with Crippen molar-refractivity contribution in [2.24, 2.45) is 0 Å². The number of carbonyl (C=O) groups is 1. The maximum Gasteiger partial charge on any atom is 0.451 e. The highest BCUT2D eigenvalue weighted by Crippen LogP contribution is 2.26. The van der Waals surface area contributed by atoms with E-state index in [-0.39, 0.29) is 0 Å². The van der Waals surface area contributed by atoms with Crippen molar-refractivity contribution in [1.29, 1.82) is 0 Å². The maximum absolute atomic E-state index is 12.1. The lowest BCUT2D eigenvalue weighted by Gasteiger charge is -2.06. The molecule has 1 amide bonds. The third-order valence-electron chi connectivity index (χ3n) is 1.71. The molecule has 90 valence electrons. The maximum atomic E-state index is 12.1. The van der Waals surface area contributed by atoms with Gasteiger partial charge in [-0.2, -0.15) is 18.2 Å². The summed E-state index contributed by atoms with van der Waals surface area (Å²) in [5.74, 6) is -2.34. The molecule has 0 fully saturated rings. The zero-order valence-corrected chi connectivity index (χ0v) is 8.42. The van der Waals surface area contributed by atoms with Crippen molar-refractivity contribution in [3.8, 4) is 0 Å². The van der Waals surface area contributed by atoms with E-state index >= 15 is 0 Å². The lowest BCUT2D eigenvalue weighted by atomic mass is 10.4. The molecule has 0 unspecified atom stereocenters. The van der Waals surface area contributed by atoms with Crippen LogP contribution in [-0.4, -0.2) is 34.3 Å². The van der Waals surface area contributed by atoms with Gasteiger partial charge in [0, 0.05) is 7.11 Å². The minimum absolute atomic E-state index is 0.443. The lowest BCUT2D eigenvalue weighted by molar-refractivity contribution is -0.144. The van der Waals surface area contributed by atoms with Gasteiger partial charge in [0.25, 0.3) is 5.91 Å². The molecule has 0 radical (unpaired) electrons. The first-order chi connectivity index (χ1) is 7.34. The number of rotatable bonds is 3. The average Bonchev–Trinajstić information content (AvgIpc) is 2.64. The number of methoxy groups -OCH3 is 1. The number of aromatic amines is 1. The molecule has 0 aliphatic heterocycles. The molecule has 0 aliphatic rings. The molecule has 0 aromatic carbocycles. The van der Waals surface area contributed by atoms with Crippen LogP contribution in [0.1, 0.15) is 12.7 Å². The van der Waals surface area contributed by atoms with E-state index in [4.69, 9.17) is 0 Å². The van der Waals surface area contributed by atoms with Crippen LogP contribution in [0.3, 0.4) is 0 Å². The third-order valence-corrected chi connectivity index (χ3v) is 1.71. The predicted octanol–water partition coefficient (Wildman–Crippen LogP) is 0.797. The fourth-order valence-electron chi connectivity index (χ4n) is 0.763. The van der Waals surface area contributed by atoms with Crippen LogP contribution in [0.25, 0.3) is 0 Å². The fourth-order valence-corrected chi connectivity index (χ4v) is 0.763. The highest BCUT2D eigenvalue weighted by molar-refractivity contribution is 5.92. The zero-order chi connectivity index (χ0) is 12.3. The van der Waals surface area contributed by atoms with E-state index in [0.717, 1.165) is 0 Å². The Morgan fingerprint density at radius 1 is 1.56 bits per heavy atom. The molecule has 9 heteroatoms. The Morgan fingerprint density at radius 2 is 2.19 bits per heavy atom. The molecule has 1 rings (SSSR count). The molecule has 0 saturated carbocycles. The molecular formula is C7H9F3N4O2. The highest BCUT2D eigenvalue weighted by Gasteiger charge is 2.35. The Kier molecular flexibility index (Phi) is 3.48. The van der Waals surface area contributed by atoms with Crippen molar-refractivity contribution >= 4 is 11.9 Å². The number of H-pyrrole nitrogens is 1. The highest BCUT2D eigenvalue weighted by atomic mass is 19.4. The molecule has 1 heterocycles. The Labute approximate surface area is 88.2 Å². The molecule has 0 saturated heterocycles. The number of hydrogen-bond donors (Lipinski definition) is 2. The van der Waals surface area contributed by atoms with Crippen LogP contribution in [0.2, 0.25) is 0 Å². The molecule has 6 nitrogen and oxygen atoms in total. The number of aromatic nitrogens is 3. The Bertz CT molecular complexity index is 376. The number of ether oxygens (including phenoxy) is 1. The summed E-state index contributed by atoms with van der Waals surface area (Å²) >= 11 is 0. The number of halogens is 3. The van der Waals surface area contributed by atoms with Gasteiger partial charge in [0.05, 0.1) is 0 Å². The number of nitrogens with zero attached hydrogens (tertiary/aromatic N) is 2. The molecule has 1 aromatic heterocycles. The summed E-state index contributed by atoms with van der Waals surface area (Å²) in [7, 11) is 1.30. The standard InChI is InChI=1S/C7H9F3N4O2/c1-3(16-2)4(15)11-6-12-5(13-14-6)7(8,9)10/h3H,1-2H3,(H2,11,12,13,14,15)/t3-/m1/s1. The predicted molar refractivity (Wildman–Crippen MR) is 46.5 cm³/mol. The van der Waals surface area contributed by atoms with E-state index in [1.54, 1.807) is 5.10 Å². The van der Waals surface area contributed by atoms with Crippen LogP contribution in [0.4, 0.5) is 19.1 Å². The van der Waals surface area contributed by atoms with Gasteiger partial charge in [-0.1, -0.05) is 0 Å². The van der Waals surface area contributed by atoms with E-state index in [1.165, 1.54) is 14.0 Å². The van der Waals surface area contributed by atoms with Gasteiger partial charge in [-0.3, -0.25) is 15.2 Å². The minimum Gasteiger partial charge on any atom is -0.372 e. The Morgan fingerprint density at radius 3 is 2.62 bits per heavy atom. The second kappa shape index (κ2) is 4.47. The van der Waals surface area contributed by atoms with Crippen molar-refractivity contribution in [3.05, 3.63) is 5.82 Å². The Hall–Kier alpha value is -1.64. The molecule has 16 heavy (non-hydrogen) atoms. The molecule has 0 aliphatic carbocycles. The fraction of sp³-hybridized carbons (Fsp3) is 0.571. The number of carbonyl (C=O) groups excluding carboxylic acids is 1. The van der Waals surface area contributed by atoms with E-state index in [1.807, 2.05) is 0 Å². The van der Waals surface area contributed by atoms with Crippen molar-refractivity contribution in [1.82, 2.24) is 15.2 Å². The van der Waals surface area contributed by atoms with E-state index in [0.29, 0.717) is 0 Å². The molecule has 0 spiro atoms. The van der Waals surface area contributed by atoms with Crippen molar-refractivity contribution in [2.75, 3.05) is 12.4 Å². The summed E-state index contributed by atoms with van der Waals surface area (Å²) in [5, 5.41) is 6.93. The van der Waals surface area contributed by atoms with Gasteiger partial charge in [-0.05, 0) is 6.92 Å². The number of anilines is 1. The van der Waals surface area contributed by atoms with E-state index < -0.39 is 30.0 Å². The van der Waals surface area contributed by atoms with Crippen LogP contribution in [0.5, 0.6) is 0 Å². The van der Waals surface area contributed by atoms with Crippen molar-refractivity contribution < 1.29 is 22.7 Å². The summed E-state index contributed by atoms with van der Waals surface area (Å²) in [6, 6.07) is 0. The molecule has 1 aromatic rings. The van der Waals surface area contributed by atoms with Gasteiger partial charge in [0.1, 0.15) is 6.10 Å². The van der Waals surface area contributed by atoms with Crippen LogP contribution in [-0.2, 0) is 15.7 Å². The SMILES string of the molecule is CO[C@H](C)C(=O)Nc1n[nH]c(C(F)(F)F)n1.